The second-order valence-electron chi connectivity index (χ2n) is 7.91. The normalized spacial score (nSPS) is 21.3. The summed E-state index contributed by atoms with van der Waals surface area (Å²) in [6.45, 7) is 6.98. The molecule has 0 spiro atoms. The van der Waals surface area contributed by atoms with Crippen LogP contribution in [0.25, 0.3) is 5.76 Å². The number of hydrogen-bond acceptors (Lipinski definition) is 7. The van der Waals surface area contributed by atoms with Crippen LogP contribution in [0.5, 0.6) is 0 Å². The SMILES string of the molecule is Cc1ncc(C(O)=C2C(=O)C(=O)N(CCN3CCOCC3)C2c2ccc(F)cc2)c(C)n1. The van der Waals surface area contributed by atoms with Crippen molar-refractivity contribution in [3.63, 3.8) is 0 Å². The van der Waals surface area contributed by atoms with Crippen LogP contribution in [-0.4, -0.2) is 76.0 Å². The second-order valence-corrected chi connectivity index (χ2v) is 7.91. The first kappa shape index (κ1) is 22.0. The zero-order chi connectivity index (χ0) is 22.8. The lowest BCUT2D eigenvalue weighted by molar-refractivity contribution is -0.140. The Morgan fingerprint density at radius 1 is 1.16 bits per heavy atom. The highest BCUT2D eigenvalue weighted by Crippen LogP contribution is 2.39. The third kappa shape index (κ3) is 4.26. The molecule has 3 heterocycles. The Bertz CT molecular complexity index is 1060. The van der Waals surface area contributed by atoms with E-state index in [2.05, 4.69) is 14.9 Å². The molecular weight excluding hydrogens is 415 g/mol. The van der Waals surface area contributed by atoms with Crippen LogP contribution in [0.4, 0.5) is 4.39 Å². The molecule has 0 aliphatic carbocycles. The van der Waals surface area contributed by atoms with Gasteiger partial charge in [0, 0.05) is 32.4 Å². The van der Waals surface area contributed by atoms with Gasteiger partial charge in [0.1, 0.15) is 17.4 Å². The minimum atomic E-state index is -0.836. The molecule has 1 amide bonds. The highest BCUT2D eigenvalue weighted by atomic mass is 19.1. The maximum atomic E-state index is 13.6. The van der Waals surface area contributed by atoms with E-state index in [-0.39, 0.29) is 23.4 Å². The molecule has 2 aromatic rings. The maximum absolute atomic E-state index is 13.6. The highest BCUT2D eigenvalue weighted by Gasteiger charge is 2.46. The van der Waals surface area contributed by atoms with E-state index >= 15 is 0 Å². The Balaban J connectivity index is 1.75. The molecule has 1 unspecified atom stereocenters. The first-order chi connectivity index (χ1) is 15.4. The molecule has 9 heteroatoms. The van der Waals surface area contributed by atoms with Crippen molar-refractivity contribution >= 4 is 17.4 Å². The Kier molecular flexibility index (Phi) is 6.29. The Morgan fingerprint density at radius 2 is 1.84 bits per heavy atom. The van der Waals surface area contributed by atoms with Gasteiger partial charge in [0.05, 0.1) is 36.1 Å². The zero-order valence-corrected chi connectivity index (χ0v) is 18.0. The van der Waals surface area contributed by atoms with Gasteiger partial charge in [-0.05, 0) is 31.5 Å². The van der Waals surface area contributed by atoms with Crippen LogP contribution in [0.2, 0.25) is 0 Å². The average Bonchev–Trinajstić information content (AvgIpc) is 3.03. The lowest BCUT2D eigenvalue weighted by Gasteiger charge is -2.31. The molecule has 1 N–H and O–H groups in total. The number of ether oxygens (including phenoxy) is 1. The number of aromatic nitrogens is 2. The predicted molar refractivity (Wildman–Crippen MR) is 114 cm³/mol. The number of Topliss-reactive ketones (excluding diaryl/α,β-unsaturated/α-hetero) is 1. The summed E-state index contributed by atoms with van der Waals surface area (Å²) < 4.78 is 18.9. The molecule has 0 bridgehead atoms. The van der Waals surface area contributed by atoms with E-state index in [4.69, 9.17) is 4.74 Å². The van der Waals surface area contributed by atoms with Crippen LogP contribution in [-0.2, 0) is 14.3 Å². The number of benzene rings is 1. The lowest BCUT2D eigenvalue weighted by atomic mass is 9.95. The number of nitrogens with zero attached hydrogens (tertiary/aromatic N) is 4. The van der Waals surface area contributed by atoms with E-state index in [1.807, 2.05) is 0 Å². The van der Waals surface area contributed by atoms with E-state index in [0.29, 0.717) is 36.8 Å². The molecule has 168 valence electrons. The van der Waals surface area contributed by atoms with Crippen LogP contribution in [0.15, 0.2) is 36.0 Å². The van der Waals surface area contributed by atoms with Crippen LogP contribution < -0.4 is 0 Å². The van der Waals surface area contributed by atoms with Crippen molar-refractivity contribution in [1.29, 1.82) is 0 Å². The number of amides is 1. The summed E-state index contributed by atoms with van der Waals surface area (Å²) in [4.78, 5) is 38.0. The Hall–Kier alpha value is -3.17. The van der Waals surface area contributed by atoms with Gasteiger partial charge >= 0.3 is 0 Å². The number of morpholine rings is 1. The predicted octanol–water partition coefficient (Wildman–Crippen LogP) is 1.99. The van der Waals surface area contributed by atoms with Gasteiger partial charge in [-0.3, -0.25) is 14.5 Å². The fourth-order valence-electron chi connectivity index (χ4n) is 4.14. The number of ketones is 1. The average molecular weight is 440 g/mol. The topological polar surface area (TPSA) is 95.9 Å². The fourth-order valence-corrected chi connectivity index (χ4v) is 4.14. The van der Waals surface area contributed by atoms with Gasteiger partial charge < -0.3 is 14.7 Å². The molecule has 8 nitrogen and oxygen atoms in total. The van der Waals surface area contributed by atoms with Crippen LogP contribution >= 0.6 is 0 Å². The summed E-state index contributed by atoms with van der Waals surface area (Å²) in [6, 6.07) is 4.77. The quantitative estimate of drug-likeness (QED) is 0.432. The minimum absolute atomic E-state index is 0.0425. The third-order valence-electron chi connectivity index (χ3n) is 5.84. The first-order valence-electron chi connectivity index (χ1n) is 10.5. The molecule has 2 aliphatic heterocycles. The summed E-state index contributed by atoms with van der Waals surface area (Å²) >= 11 is 0. The van der Waals surface area contributed by atoms with Gasteiger partial charge in [0.2, 0.25) is 0 Å². The van der Waals surface area contributed by atoms with Crippen molar-refractivity contribution in [2.45, 2.75) is 19.9 Å². The molecular formula is C23H25FN4O4. The molecule has 0 radical (unpaired) electrons. The molecule has 0 saturated carbocycles. The standard InChI is InChI=1S/C23H25FN4O4/c1-14-18(13-25-15(2)26-14)21(29)19-20(16-3-5-17(24)6-4-16)28(23(31)22(19)30)8-7-27-9-11-32-12-10-27/h3-6,13,20,29H,7-12H2,1-2H3. The van der Waals surface area contributed by atoms with E-state index in [0.717, 1.165) is 13.1 Å². The first-order valence-corrected chi connectivity index (χ1v) is 10.5. The van der Waals surface area contributed by atoms with Crippen molar-refractivity contribution in [1.82, 2.24) is 19.8 Å². The van der Waals surface area contributed by atoms with Gasteiger partial charge in [-0.25, -0.2) is 14.4 Å². The highest BCUT2D eigenvalue weighted by molar-refractivity contribution is 6.46. The van der Waals surface area contributed by atoms with Crippen LogP contribution in [0.3, 0.4) is 0 Å². The zero-order valence-electron chi connectivity index (χ0n) is 18.0. The Labute approximate surface area is 185 Å². The van der Waals surface area contributed by atoms with Gasteiger partial charge in [0.15, 0.2) is 0 Å². The Morgan fingerprint density at radius 3 is 2.50 bits per heavy atom. The fraction of sp³-hybridized carbons (Fsp3) is 0.391. The van der Waals surface area contributed by atoms with Gasteiger partial charge in [-0.15, -0.1) is 0 Å². The maximum Gasteiger partial charge on any atom is 0.295 e. The molecule has 32 heavy (non-hydrogen) atoms. The number of hydrogen-bond donors (Lipinski definition) is 1. The summed E-state index contributed by atoms with van der Waals surface area (Å²) in [6.07, 6.45) is 1.44. The molecule has 1 aromatic heterocycles. The van der Waals surface area contributed by atoms with E-state index < -0.39 is 23.5 Å². The number of aliphatic hydroxyl groups is 1. The number of aryl methyl sites for hydroxylation is 2. The number of carbonyl (C=O) groups is 2. The summed E-state index contributed by atoms with van der Waals surface area (Å²) in [7, 11) is 0. The number of rotatable bonds is 5. The number of halogens is 1. The van der Waals surface area contributed by atoms with E-state index in [9.17, 15) is 19.1 Å². The largest absolute Gasteiger partial charge is 0.507 e. The molecule has 2 saturated heterocycles. The molecule has 1 atom stereocenters. The van der Waals surface area contributed by atoms with Gasteiger partial charge in [-0.2, -0.15) is 0 Å². The third-order valence-corrected chi connectivity index (χ3v) is 5.84. The number of carbonyl (C=O) groups excluding carboxylic acids is 2. The minimum Gasteiger partial charge on any atom is -0.507 e. The van der Waals surface area contributed by atoms with Crippen molar-refractivity contribution in [3.8, 4) is 0 Å². The van der Waals surface area contributed by atoms with Crippen molar-refractivity contribution < 1.29 is 23.8 Å². The molecule has 2 aliphatic rings. The molecule has 4 rings (SSSR count). The summed E-state index contributed by atoms with van der Waals surface area (Å²) in [5.41, 5.74) is 1.28. The smallest absolute Gasteiger partial charge is 0.295 e. The molecule has 2 fully saturated rings. The molecule has 1 aromatic carbocycles. The van der Waals surface area contributed by atoms with Gasteiger partial charge in [0.25, 0.3) is 11.7 Å². The second kappa shape index (κ2) is 9.13. The monoisotopic (exact) mass is 440 g/mol. The van der Waals surface area contributed by atoms with Crippen LogP contribution in [0.1, 0.15) is 28.7 Å². The lowest BCUT2D eigenvalue weighted by Crippen LogP contribution is -2.42. The van der Waals surface area contributed by atoms with Crippen molar-refractivity contribution in [3.05, 3.63) is 64.5 Å². The number of aliphatic hydroxyl groups excluding tert-OH is 1. The van der Waals surface area contributed by atoms with E-state index in [1.54, 1.807) is 13.8 Å². The number of likely N-dealkylation sites (tertiary alicyclic amines) is 1. The van der Waals surface area contributed by atoms with E-state index in [1.165, 1.54) is 35.4 Å². The van der Waals surface area contributed by atoms with Crippen LogP contribution in [0, 0.1) is 19.7 Å². The van der Waals surface area contributed by atoms with Gasteiger partial charge in [-0.1, -0.05) is 12.1 Å². The summed E-state index contributed by atoms with van der Waals surface area (Å²) in [5.74, 6) is -1.70. The summed E-state index contributed by atoms with van der Waals surface area (Å²) in [5, 5.41) is 11.1. The van der Waals surface area contributed by atoms with Crippen molar-refractivity contribution in [2.24, 2.45) is 0 Å². The van der Waals surface area contributed by atoms with Crippen molar-refractivity contribution in [2.75, 3.05) is 39.4 Å².